The van der Waals surface area contributed by atoms with Crippen LogP contribution in [0.1, 0.15) is 70.4 Å². The molecule has 1 fully saturated rings. The molecule has 3 unspecified atom stereocenters. The van der Waals surface area contributed by atoms with Gasteiger partial charge in [-0.15, -0.1) is 0 Å². The molecule has 6 nitrogen and oxygen atoms in total. The number of carbonyl (C=O) groups is 1. The van der Waals surface area contributed by atoms with Crippen molar-refractivity contribution in [2.75, 3.05) is 12.9 Å². The number of benzene rings is 1. The van der Waals surface area contributed by atoms with Crippen LogP contribution in [0.25, 0.3) is 11.5 Å². The molecule has 1 saturated carbocycles. The summed E-state index contributed by atoms with van der Waals surface area (Å²) in [4.78, 5) is 15.4. The van der Waals surface area contributed by atoms with Crippen LogP contribution >= 0.6 is 0 Å². The van der Waals surface area contributed by atoms with Crippen LogP contribution < -0.4 is 0 Å². The molecule has 1 aliphatic carbocycles. The Labute approximate surface area is 201 Å². The van der Waals surface area contributed by atoms with Crippen molar-refractivity contribution < 1.29 is 23.3 Å². The molecule has 3 atom stereocenters. The molecule has 0 saturated heterocycles. The third-order valence-corrected chi connectivity index (χ3v) is 7.95. The van der Waals surface area contributed by atoms with Crippen molar-refractivity contribution in [2.45, 2.75) is 85.0 Å². The van der Waals surface area contributed by atoms with Crippen LogP contribution in [0.15, 0.2) is 28.7 Å². The van der Waals surface area contributed by atoms with E-state index in [1.165, 1.54) is 19.4 Å². The Balaban J connectivity index is 0.000000311. The number of rotatable bonds is 6. The number of aromatic nitrogens is 1. The summed E-state index contributed by atoms with van der Waals surface area (Å²) in [6.45, 7) is 13.0. The summed E-state index contributed by atoms with van der Waals surface area (Å²) in [7, 11) is 0.370. The van der Waals surface area contributed by atoms with Gasteiger partial charge in [0.2, 0.25) is 5.89 Å². The van der Waals surface area contributed by atoms with Crippen molar-refractivity contribution in [3.8, 4) is 11.5 Å². The third kappa shape index (κ3) is 8.70. The average molecular weight is 480 g/mol. The lowest BCUT2D eigenvalue weighted by atomic mass is 9.88. The summed E-state index contributed by atoms with van der Waals surface area (Å²) < 4.78 is 21.8. The molecule has 1 aromatic carbocycles. The second kappa shape index (κ2) is 13.7. The first-order valence-electron chi connectivity index (χ1n) is 11.7. The standard InChI is InChI=1S/C12H13NO.C12H22O4S.C2H6/c1-8-4-6-11(7-5-8)12-13-9(2)10(3)14-12;1-12(2,11(13)14)17(15)8-9-5-4-6-10(7-9)16-3;1-2/h4-7H,1-3H3;9-10H,4-8H2,1-3H3,(H,13,14);1-2H3. The Morgan fingerprint density at radius 3 is 2.27 bits per heavy atom. The average Bonchev–Trinajstić information content (AvgIpc) is 3.14. The molecule has 7 heteroatoms. The zero-order chi connectivity index (χ0) is 25.2. The van der Waals surface area contributed by atoms with E-state index in [4.69, 9.17) is 14.3 Å². The maximum atomic E-state index is 12.1. The lowest BCUT2D eigenvalue weighted by molar-refractivity contribution is -0.139. The first-order chi connectivity index (χ1) is 15.5. The molecule has 1 N–H and O–H groups in total. The molecule has 2 aromatic rings. The number of oxazole rings is 1. The minimum absolute atomic E-state index is 0.249. The highest BCUT2D eigenvalue weighted by molar-refractivity contribution is 7.87. The van der Waals surface area contributed by atoms with Gasteiger partial charge in [0, 0.05) is 29.2 Å². The number of methoxy groups -OCH3 is 1. The molecule has 0 amide bonds. The smallest absolute Gasteiger partial charge is 0.321 e. The number of hydrogen-bond acceptors (Lipinski definition) is 5. The Kier molecular flexibility index (Phi) is 12.0. The summed E-state index contributed by atoms with van der Waals surface area (Å²) >= 11 is 0. The van der Waals surface area contributed by atoms with E-state index in [1.807, 2.05) is 39.8 Å². The fraction of sp³-hybridized carbons (Fsp3) is 0.615. The van der Waals surface area contributed by atoms with Gasteiger partial charge in [0.25, 0.3) is 0 Å². The maximum Gasteiger partial charge on any atom is 0.321 e. The van der Waals surface area contributed by atoms with Crippen molar-refractivity contribution in [2.24, 2.45) is 5.92 Å². The highest BCUT2D eigenvalue weighted by atomic mass is 32.2. The largest absolute Gasteiger partial charge is 0.480 e. The van der Waals surface area contributed by atoms with E-state index >= 15 is 0 Å². The second-order valence-corrected chi connectivity index (χ2v) is 10.8. The number of aliphatic carboxylic acids is 1. The van der Waals surface area contributed by atoms with Crippen LogP contribution in [-0.4, -0.2) is 44.0 Å². The van der Waals surface area contributed by atoms with Crippen molar-refractivity contribution in [1.29, 1.82) is 0 Å². The first kappa shape index (κ1) is 29.0. The molecule has 33 heavy (non-hydrogen) atoms. The lowest BCUT2D eigenvalue weighted by Gasteiger charge is -2.29. The molecule has 1 aliphatic rings. The maximum absolute atomic E-state index is 12.1. The minimum atomic E-state index is -1.33. The first-order valence-corrected chi connectivity index (χ1v) is 13.0. The van der Waals surface area contributed by atoms with Gasteiger partial charge in [0.15, 0.2) is 0 Å². The van der Waals surface area contributed by atoms with Gasteiger partial charge in [-0.05, 0) is 71.9 Å². The number of aryl methyl sites for hydroxylation is 3. The molecule has 0 spiro atoms. The van der Waals surface area contributed by atoms with E-state index in [1.54, 1.807) is 7.11 Å². The number of ether oxygens (including phenoxy) is 1. The summed E-state index contributed by atoms with van der Waals surface area (Å²) in [5.74, 6) is 1.41. The van der Waals surface area contributed by atoms with Gasteiger partial charge in [-0.2, -0.15) is 0 Å². The molecule has 0 aliphatic heterocycles. The van der Waals surface area contributed by atoms with Crippen molar-refractivity contribution in [1.82, 2.24) is 4.98 Å². The predicted octanol–water partition coefficient (Wildman–Crippen LogP) is 6.10. The van der Waals surface area contributed by atoms with Gasteiger partial charge in [0.1, 0.15) is 10.5 Å². The van der Waals surface area contributed by atoms with Gasteiger partial charge in [0.05, 0.1) is 11.8 Å². The molecule has 1 aromatic heterocycles. The van der Waals surface area contributed by atoms with E-state index < -0.39 is 21.5 Å². The van der Waals surface area contributed by atoms with Crippen LogP contribution in [0.2, 0.25) is 0 Å². The van der Waals surface area contributed by atoms with Crippen molar-refractivity contribution in [3.63, 3.8) is 0 Å². The van der Waals surface area contributed by atoms with Gasteiger partial charge in [-0.1, -0.05) is 38.0 Å². The normalized spacial score (nSPS) is 18.9. The van der Waals surface area contributed by atoms with Crippen LogP contribution in [-0.2, 0) is 20.3 Å². The Morgan fingerprint density at radius 1 is 1.18 bits per heavy atom. The van der Waals surface area contributed by atoms with Crippen LogP contribution in [0.4, 0.5) is 0 Å². The van der Waals surface area contributed by atoms with E-state index in [0.717, 1.165) is 42.7 Å². The molecule has 0 radical (unpaired) electrons. The Hall–Kier alpha value is -1.99. The molecule has 0 bridgehead atoms. The highest BCUT2D eigenvalue weighted by Gasteiger charge is 2.36. The van der Waals surface area contributed by atoms with Gasteiger partial charge < -0.3 is 14.3 Å². The second-order valence-electron chi connectivity index (χ2n) is 8.74. The Bertz CT molecular complexity index is 869. The SMILES string of the molecule is CC.COC1CCCC(CS(=O)C(C)(C)C(=O)O)C1.Cc1ccc(-c2nc(C)c(C)o2)cc1. The van der Waals surface area contributed by atoms with Gasteiger partial charge in [-0.25, -0.2) is 4.98 Å². The van der Waals surface area contributed by atoms with Crippen molar-refractivity contribution in [3.05, 3.63) is 41.3 Å². The fourth-order valence-electron chi connectivity index (χ4n) is 3.42. The van der Waals surface area contributed by atoms with Crippen LogP contribution in [0.5, 0.6) is 0 Å². The van der Waals surface area contributed by atoms with E-state index in [-0.39, 0.29) is 6.10 Å². The van der Waals surface area contributed by atoms with Gasteiger partial charge >= 0.3 is 5.97 Å². The summed E-state index contributed by atoms with van der Waals surface area (Å²) in [5, 5.41) is 9.02. The summed E-state index contributed by atoms with van der Waals surface area (Å²) in [5.41, 5.74) is 3.24. The molecular weight excluding hydrogens is 438 g/mol. The topological polar surface area (TPSA) is 89.6 Å². The van der Waals surface area contributed by atoms with Crippen LogP contribution in [0.3, 0.4) is 0 Å². The number of carboxylic acid groups (broad SMARTS) is 1. The summed E-state index contributed by atoms with van der Waals surface area (Å²) in [6.07, 6.45) is 4.31. The number of nitrogens with zero attached hydrogens (tertiary/aromatic N) is 1. The lowest BCUT2D eigenvalue weighted by Crippen LogP contribution is -2.40. The van der Waals surface area contributed by atoms with E-state index in [2.05, 4.69) is 24.0 Å². The highest BCUT2D eigenvalue weighted by Crippen LogP contribution is 2.28. The van der Waals surface area contributed by atoms with Crippen molar-refractivity contribution >= 4 is 16.8 Å². The van der Waals surface area contributed by atoms with Gasteiger partial charge in [-0.3, -0.25) is 9.00 Å². The van der Waals surface area contributed by atoms with Crippen LogP contribution in [0, 0.1) is 26.7 Å². The molecular formula is C26H41NO5S. The monoisotopic (exact) mass is 479 g/mol. The third-order valence-electron chi connectivity index (χ3n) is 5.87. The Morgan fingerprint density at radius 2 is 1.79 bits per heavy atom. The number of hydrogen-bond donors (Lipinski definition) is 1. The molecule has 1 heterocycles. The molecule has 3 rings (SSSR count). The zero-order valence-corrected chi connectivity index (χ0v) is 22.3. The fourth-order valence-corrected chi connectivity index (χ4v) is 4.76. The van der Waals surface area contributed by atoms with E-state index in [0.29, 0.717) is 17.6 Å². The summed E-state index contributed by atoms with van der Waals surface area (Å²) in [6, 6.07) is 8.18. The zero-order valence-electron chi connectivity index (χ0n) is 21.4. The minimum Gasteiger partial charge on any atom is -0.480 e. The molecule has 186 valence electrons. The van der Waals surface area contributed by atoms with E-state index in [9.17, 15) is 9.00 Å². The predicted molar refractivity (Wildman–Crippen MR) is 135 cm³/mol. The number of carboxylic acids is 1. The quantitative estimate of drug-likeness (QED) is 0.539.